The summed E-state index contributed by atoms with van der Waals surface area (Å²) in [7, 11) is 0. The Kier molecular flexibility index (Phi) is 5.52. The van der Waals surface area contributed by atoms with Crippen LogP contribution < -0.4 is 10.6 Å². The highest BCUT2D eigenvalue weighted by Crippen LogP contribution is 2.22. The third-order valence-electron chi connectivity index (χ3n) is 4.83. The Morgan fingerprint density at radius 3 is 2.30 bits per heavy atom. The van der Waals surface area contributed by atoms with Gasteiger partial charge in [0.15, 0.2) is 0 Å². The van der Waals surface area contributed by atoms with E-state index in [4.69, 9.17) is 0 Å². The molecule has 2 N–H and O–H groups in total. The molecule has 1 aromatic heterocycles. The highest BCUT2D eigenvalue weighted by Gasteiger charge is 2.08. The molecule has 1 amide bonds. The molecule has 3 aromatic carbocycles. The van der Waals surface area contributed by atoms with Crippen molar-refractivity contribution < 1.29 is 4.79 Å². The molecular formula is C25H22N4O. The molecule has 0 saturated heterocycles. The lowest BCUT2D eigenvalue weighted by Gasteiger charge is -2.10. The third kappa shape index (κ3) is 4.52. The molecule has 148 valence electrons. The SMILES string of the molecule is Cc1ccc(-c2cc(Nc3ccc(C(=O)Nc4ccccc4C)cc3)ncn2)cc1. The van der Waals surface area contributed by atoms with E-state index in [0.29, 0.717) is 11.4 Å². The van der Waals surface area contributed by atoms with Crippen LogP contribution in [0.1, 0.15) is 21.5 Å². The van der Waals surface area contributed by atoms with E-state index in [-0.39, 0.29) is 5.91 Å². The van der Waals surface area contributed by atoms with E-state index in [0.717, 1.165) is 28.2 Å². The quantitative estimate of drug-likeness (QED) is 0.452. The summed E-state index contributed by atoms with van der Waals surface area (Å²) >= 11 is 0. The van der Waals surface area contributed by atoms with Crippen LogP contribution in [0.5, 0.6) is 0 Å². The topological polar surface area (TPSA) is 66.9 Å². The van der Waals surface area contributed by atoms with Gasteiger partial charge < -0.3 is 10.6 Å². The van der Waals surface area contributed by atoms with Gasteiger partial charge in [-0.15, -0.1) is 0 Å². The molecule has 1 heterocycles. The van der Waals surface area contributed by atoms with Crippen LogP contribution in [0, 0.1) is 13.8 Å². The zero-order chi connectivity index (χ0) is 20.9. The van der Waals surface area contributed by atoms with Crippen molar-refractivity contribution in [3.05, 3.63) is 102 Å². The second-order valence-corrected chi connectivity index (χ2v) is 7.13. The zero-order valence-electron chi connectivity index (χ0n) is 16.9. The Balaban J connectivity index is 1.46. The van der Waals surface area contributed by atoms with Crippen LogP contribution in [0.25, 0.3) is 11.3 Å². The van der Waals surface area contributed by atoms with Gasteiger partial charge in [-0.2, -0.15) is 0 Å². The van der Waals surface area contributed by atoms with Crippen molar-refractivity contribution in [1.82, 2.24) is 9.97 Å². The molecule has 0 bridgehead atoms. The number of aromatic nitrogens is 2. The maximum atomic E-state index is 12.5. The fourth-order valence-electron chi connectivity index (χ4n) is 3.07. The fourth-order valence-corrected chi connectivity index (χ4v) is 3.07. The lowest BCUT2D eigenvalue weighted by atomic mass is 10.1. The summed E-state index contributed by atoms with van der Waals surface area (Å²) in [6.45, 7) is 4.02. The van der Waals surface area contributed by atoms with Crippen molar-refractivity contribution in [2.24, 2.45) is 0 Å². The number of amides is 1. The Morgan fingerprint density at radius 2 is 1.57 bits per heavy atom. The zero-order valence-corrected chi connectivity index (χ0v) is 16.9. The fraction of sp³-hybridized carbons (Fsp3) is 0.0800. The number of hydrogen-bond donors (Lipinski definition) is 2. The number of nitrogens with zero attached hydrogens (tertiary/aromatic N) is 2. The largest absolute Gasteiger partial charge is 0.340 e. The summed E-state index contributed by atoms with van der Waals surface area (Å²) in [6.07, 6.45) is 1.54. The van der Waals surface area contributed by atoms with Crippen LogP contribution in [0.4, 0.5) is 17.2 Å². The van der Waals surface area contributed by atoms with Gasteiger partial charge in [-0.25, -0.2) is 9.97 Å². The minimum atomic E-state index is -0.139. The van der Waals surface area contributed by atoms with E-state index in [1.807, 2.05) is 61.5 Å². The van der Waals surface area contributed by atoms with E-state index < -0.39 is 0 Å². The van der Waals surface area contributed by atoms with E-state index in [9.17, 15) is 4.79 Å². The molecule has 4 rings (SSSR count). The molecule has 0 saturated carbocycles. The first-order valence-electron chi connectivity index (χ1n) is 9.72. The smallest absolute Gasteiger partial charge is 0.255 e. The summed E-state index contributed by atoms with van der Waals surface area (Å²) in [6, 6.07) is 25.1. The number of para-hydroxylation sites is 1. The molecule has 0 aliphatic heterocycles. The van der Waals surface area contributed by atoms with Crippen molar-refractivity contribution in [1.29, 1.82) is 0 Å². The second kappa shape index (κ2) is 8.57. The minimum absolute atomic E-state index is 0.139. The monoisotopic (exact) mass is 394 g/mol. The van der Waals surface area contributed by atoms with Gasteiger partial charge in [0.1, 0.15) is 12.1 Å². The molecule has 0 atom stereocenters. The van der Waals surface area contributed by atoms with E-state index >= 15 is 0 Å². The lowest BCUT2D eigenvalue weighted by molar-refractivity contribution is 0.102. The molecule has 0 fully saturated rings. The molecule has 5 heteroatoms. The Labute approximate surface area is 175 Å². The molecule has 0 aliphatic rings. The van der Waals surface area contributed by atoms with Crippen molar-refractivity contribution in [2.75, 3.05) is 10.6 Å². The predicted octanol–water partition coefficient (Wildman–Crippen LogP) is 5.76. The number of benzene rings is 3. The molecule has 30 heavy (non-hydrogen) atoms. The number of aryl methyl sites for hydroxylation is 2. The number of carbonyl (C=O) groups is 1. The van der Waals surface area contributed by atoms with Crippen molar-refractivity contribution in [3.63, 3.8) is 0 Å². The Bertz CT molecular complexity index is 1170. The minimum Gasteiger partial charge on any atom is -0.340 e. The van der Waals surface area contributed by atoms with Gasteiger partial charge in [0.2, 0.25) is 0 Å². The first-order chi connectivity index (χ1) is 14.6. The van der Waals surface area contributed by atoms with Gasteiger partial charge in [0.25, 0.3) is 5.91 Å². The maximum Gasteiger partial charge on any atom is 0.255 e. The molecule has 0 unspecified atom stereocenters. The Hall–Kier alpha value is -3.99. The van der Waals surface area contributed by atoms with Crippen LogP contribution in [-0.2, 0) is 0 Å². The van der Waals surface area contributed by atoms with Crippen LogP contribution in [0.15, 0.2) is 85.2 Å². The van der Waals surface area contributed by atoms with Gasteiger partial charge in [0.05, 0.1) is 5.69 Å². The molecule has 0 radical (unpaired) electrons. The molecule has 5 nitrogen and oxygen atoms in total. The first-order valence-corrected chi connectivity index (χ1v) is 9.72. The summed E-state index contributed by atoms with van der Waals surface area (Å²) in [5.41, 5.74) is 6.36. The van der Waals surface area contributed by atoms with Crippen LogP contribution in [0.2, 0.25) is 0 Å². The maximum absolute atomic E-state index is 12.5. The van der Waals surface area contributed by atoms with Crippen LogP contribution in [-0.4, -0.2) is 15.9 Å². The van der Waals surface area contributed by atoms with E-state index in [1.165, 1.54) is 5.56 Å². The molecule has 4 aromatic rings. The highest BCUT2D eigenvalue weighted by atomic mass is 16.1. The van der Waals surface area contributed by atoms with E-state index in [1.54, 1.807) is 18.5 Å². The van der Waals surface area contributed by atoms with Gasteiger partial charge >= 0.3 is 0 Å². The van der Waals surface area contributed by atoms with E-state index in [2.05, 4.69) is 39.7 Å². The second-order valence-electron chi connectivity index (χ2n) is 7.13. The molecular weight excluding hydrogens is 372 g/mol. The standard InChI is InChI=1S/C25H22N4O/c1-17-7-9-19(10-8-17)23-15-24(27-16-26-23)28-21-13-11-20(12-14-21)25(30)29-22-6-4-3-5-18(22)2/h3-16H,1-2H3,(H,29,30)(H,26,27,28). The number of carbonyl (C=O) groups excluding carboxylic acids is 1. The average Bonchev–Trinajstić information content (AvgIpc) is 2.76. The summed E-state index contributed by atoms with van der Waals surface area (Å²) in [4.78, 5) is 21.2. The summed E-state index contributed by atoms with van der Waals surface area (Å²) in [5, 5.41) is 6.21. The number of anilines is 3. The summed E-state index contributed by atoms with van der Waals surface area (Å²) < 4.78 is 0. The molecule has 0 spiro atoms. The highest BCUT2D eigenvalue weighted by molar-refractivity contribution is 6.04. The number of hydrogen-bond acceptors (Lipinski definition) is 4. The van der Waals surface area contributed by atoms with Crippen molar-refractivity contribution >= 4 is 23.1 Å². The summed E-state index contributed by atoms with van der Waals surface area (Å²) in [5.74, 6) is 0.553. The van der Waals surface area contributed by atoms with Gasteiger partial charge in [-0.05, 0) is 49.7 Å². The Morgan fingerprint density at radius 1 is 0.833 bits per heavy atom. The van der Waals surface area contributed by atoms with Crippen LogP contribution in [0.3, 0.4) is 0 Å². The lowest BCUT2D eigenvalue weighted by Crippen LogP contribution is -2.12. The van der Waals surface area contributed by atoms with Crippen molar-refractivity contribution in [3.8, 4) is 11.3 Å². The third-order valence-corrected chi connectivity index (χ3v) is 4.83. The normalized spacial score (nSPS) is 10.5. The number of nitrogens with one attached hydrogen (secondary N) is 2. The van der Waals surface area contributed by atoms with Crippen molar-refractivity contribution in [2.45, 2.75) is 13.8 Å². The van der Waals surface area contributed by atoms with Gasteiger partial charge in [-0.1, -0.05) is 48.0 Å². The average molecular weight is 394 g/mol. The van der Waals surface area contributed by atoms with Gasteiger partial charge in [-0.3, -0.25) is 4.79 Å². The van der Waals surface area contributed by atoms with Crippen LogP contribution >= 0.6 is 0 Å². The predicted molar refractivity (Wildman–Crippen MR) is 121 cm³/mol. The number of rotatable bonds is 5. The van der Waals surface area contributed by atoms with Gasteiger partial charge in [0, 0.05) is 28.6 Å². The molecule has 0 aliphatic carbocycles. The first kappa shape index (κ1) is 19.3.